The maximum absolute atomic E-state index is 9.01. The Morgan fingerprint density at radius 3 is 2.94 bits per heavy atom. The molecule has 86 valence electrons. The van der Waals surface area contributed by atoms with Crippen LogP contribution in [-0.4, -0.2) is 17.8 Å². The van der Waals surface area contributed by atoms with E-state index in [1.54, 1.807) is 0 Å². The van der Waals surface area contributed by atoms with Crippen molar-refractivity contribution in [2.75, 3.05) is 6.61 Å². The van der Waals surface area contributed by atoms with E-state index in [0.717, 1.165) is 18.0 Å². The lowest BCUT2D eigenvalue weighted by Gasteiger charge is -2.12. The van der Waals surface area contributed by atoms with Crippen molar-refractivity contribution >= 4 is 11.6 Å². The molecule has 1 aliphatic carbocycles. The molecule has 1 aromatic carbocycles. The van der Waals surface area contributed by atoms with E-state index >= 15 is 0 Å². The van der Waals surface area contributed by atoms with Crippen LogP contribution in [0.4, 0.5) is 0 Å². The largest absolute Gasteiger partial charge is 0.396 e. The van der Waals surface area contributed by atoms with Gasteiger partial charge in [0.15, 0.2) is 0 Å². The lowest BCUT2D eigenvalue weighted by atomic mass is 10.1. The molecule has 0 heterocycles. The van der Waals surface area contributed by atoms with Crippen LogP contribution in [0.3, 0.4) is 0 Å². The summed E-state index contributed by atoms with van der Waals surface area (Å²) in [6, 6.07) is 8.23. The fraction of sp³-hybridized carbons (Fsp3) is 0.385. The normalized spacial score (nSPS) is 23.9. The molecular formula is C13H16ClNO. The highest BCUT2D eigenvalue weighted by Crippen LogP contribution is 2.18. The molecule has 16 heavy (non-hydrogen) atoms. The van der Waals surface area contributed by atoms with Crippen molar-refractivity contribution in [1.29, 1.82) is 0 Å². The molecule has 3 heteroatoms. The number of nitrogens with one attached hydrogen (secondary N) is 1. The van der Waals surface area contributed by atoms with Crippen molar-refractivity contribution < 1.29 is 5.11 Å². The second-order valence-electron chi connectivity index (χ2n) is 4.18. The number of benzene rings is 1. The summed E-state index contributed by atoms with van der Waals surface area (Å²) < 4.78 is 0. The number of aliphatic hydroxyl groups is 1. The molecule has 0 saturated heterocycles. The summed E-state index contributed by atoms with van der Waals surface area (Å²) in [7, 11) is 0. The predicted molar refractivity (Wildman–Crippen MR) is 66.4 cm³/mol. The molecular weight excluding hydrogens is 222 g/mol. The molecule has 2 atom stereocenters. The highest BCUT2D eigenvalue weighted by molar-refractivity contribution is 6.30. The number of aliphatic hydroxyl groups excluding tert-OH is 1. The Bertz CT molecular complexity index is 378. The van der Waals surface area contributed by atoms with Gasteiger partial charge in [0.1, 0.15) is 0 Å². The molecule has 0 fully saturated rings. The minimum atomic E-state index is 0.242. The fourth-order valence-electron chi connectivity index (χ4n) is 1.96. The molecule has 0 radical (unpaired) electrons. The number of hydrogen-bond donors (Lipinski definition) is 2. The fourth-order valence-corrected chi connectivity index (χ4v) is 2.17. The van der Waals surface area contributed by atoms with Crippen LogP contribution >= 0.6 is 11.6 Å². The summed E-state index contributed by atoms with van der Waals surface area (Å²) in [6.07, 6.45) is 5.19. The van der Waals surface area contributed by atoms with Gasteiger partial charge in [-0.3, -0.25) is 0 Å². The average Bonchev–Trinajstić information content (AvgIpc) is 2.74. The summed E-state index contributed by atoms with van der Waals surface area (Å²) in [5.74, 6) is 0.317. The Hall–Kier alpha value is -0.830. The second kappa shape index (κ2) is 5.48. The van der Waals surface area contributed by atoms with Gasteiger partial charge in [-0.25, -0.2) is 0 Å². The first kappa shape index (κ1) is 11.6. The molecule has 2 nitrogen and oxygen atoms in total. The van der Waals surface area contributed by atoms with E-state index in [0.29, 0.717) is 12.0 Å². The lowest BCUT2D eigenvalue weighted by molar-refractivity contribution is 0.246. The molecule has 0 spiro atoms. The van der Waals surface area contributed by atoms with Gasteiger partial charge >= 0.3 is 0 Å². The first-order valence-corrected chi connectivity index (χ1v) is 5.93. The van der Waals surface area contributed by atoms with Gasteiger partial charge in [-0.15, -0.1) is 0 Å². The van der Waals surface area contributed by atoms with Crippen LogP contribution in [0.2, 0.25) is 5.02 Å². The zero-order chi connectivity index (χ0) is 11.4. The second-order valence-corrected chi connectivity index (χ2v) is 4.62. The molecule has 0 unspecified atom stereocenters. The van der Waals surface area contributed by atoms with Crippen molar-refractivity contribution in [3.05, 3.63) is 47.0 Å². The molecule has 1 aliphatic rings. The third kappa shape index (κ3) is 3.08. The monoisotopic (exact) mass is 237 g/mol. The Kier molecular flexibility index (Phi) is 3.99. The highest BCUT2D eigenvalue weighted by atomic mass is 35.5. The van der Waals surface area contributed by atoms with E-state index < -0.39 is 0 Å². The van der Waals surface area contributed by atoms with Crippen LogP contribution in [0.15, 0.2) is 36.4 Å². The van der Waals surface area contributed by atoms with Gasteiger partial charge < -0.3 is 10.4 Å². The summed E-state index contributed by atoms with van der Waals surface area (Å²) in [4.78, 5) is 0. The van der Waals surface area contributed by atoms with Gasteiger partial charge in [0.2, 0.25) is 0 Å². The smallest absolute Gasteiger partial charge is 0.0494 e. The lowest BCUT2D eigenvalue weighted by Crippen LogP contribution is -2.26. The summed E-state index contributed by atoms with van der Waals surface area (Å²) >= 11 is 5.91. The summed E-state index contributed by atoms with van der Waals surface area (Å²) in [5, 5.41) is 13.2. The molecule has 0 saturated carbocycles. The van der Waals surface area contributed by atoms with Crippen molar-refractivity contribution in [2.24, 2.45) is 5.92 Å². The van der Waals surface area contributed by atoms with E-state index in [9.17, 15) is 0 Å². The molecule has 0 aromatic heterocycles. The zero-order valence-electron chi connectivity index (χ0n) is 9.07. The molecule has 0 amide bonds. The van der Waals surface area contributed by atoms with Gasteiger partial charge in [-0.05, 0) is 24.1 Å². The van der Waals surface area contributed by atoms with Crippen LogP contribution in [0, 0.1) is 5.92 Å². The van der Waals surface area contributed by atoms with Gasteiger partial charge in [0.25, 0.3) is 0 Å². The zero-order valence-corrected chi connectivity index (χ0v) is 9.82. The van der Waals surface area contributed by atoms with Crippen LogP contribution in [0.25, 0.3) is 0 Å². The Morgan fingerprint density at radius 2 is 2.25 bits per heavy atom. The van der Waals surface area contributed by atoms with Gasteiger partial charge in [0, 0.05) is 30.1 Å². The highest BCUT2D eigenvalue weighted by Gasteiger charge is 2.17. The standard InChI is InChI=1S/C13H16ClNO/c14-12-3-1-2-10(6-12)8-15-13-5-4-11(7-13)9-16/h1-6,11,13,15-16H,7-9H2/t11-,13+/m0/s1. The number of halogens is 1. The van der Waals surface area contributed by atoms with Crippen LogP contribution in [-0.2, 0) is 6.54 Å². The SMILES string of the molecule is OC[C@H]1C=C[C@@H](NCc2cccc(Cl)c2)C1. The number of hydrogen-bond acceptors (Lipinski definition) is 2. The third-order valence-electron chi connectivity index (χ3n) is 2.86. The Labute approximate surface area is 101 Å². The van der Waals surface area contributed by atoms with E-state index in [2.05, 4.69) is 23.5 Å². The third-order valence-corrected chi connectivity index (χ3v) is 3.10. The first-order chi connectivity index (χ1) is 7.78. The quantitative estimate of drug-likeness (QED) is 0.788. The molecule has 2 rings (SSSR count). The van der Waals surface area contributed by atoms with Crippen molar-refractivity contribution in [3.63, 3.8) is 0 Å². The summed E-state index contributed by atoms with van der Waals surface area (Å²) in [6.45, 7) is 1.06. The minimum Gasteiger partial charge on any atom is -0.396 e. The van der Waals surface area contributed by atoms with Gasteiger partial charge in [-0.1, -0.05) is 35.9 Å². The molecule has 0 aliphatic heterocycles. The maximum Gasteiger partial charge on any atom is 0.0494 e. The summed E-state index contributed by atoms with van der Waals surface area (Å²) in [5.41, 5.74) is 1.19. The van der Waals surface area contributed by atoms with E-state index in [4.69, 9.17) is 16.7 Å². The van der Waals surface area contributed by atoms with Crippen molar-refractivity contribution in [2.45, 2.75) is 19.0 Å². The van der Waals surface area contributed by atoms with Crippen LogP contribution in [0.5, 0.6) is 0 Å². The topological polar surface area (TPSA) is 32.3 Å². The van der Waals surface area contributed by atoms with Crippen molar-refractivity contribution in [3.8, 4) is 0 Å². The van der Waals surface area contributed by atoms with Crippen molar-refractivity contribution in [1.82, 2.24) is 5.32 Å². The molecule has 1 aromatic rings. The Balaban J connectivity index is 1.82. The average molecular weight is 238 g/mol. The van der Waals surface area contributed by atoms with Gasteiger partial charge in [0.05, 0.1) is 0 Å². The molecule has 2 N–H and O–H groups in total. The van der Waals surface area contributed by atoms with E-state index in [-0.39, 0.29) is 6.61 Å². The first-order valence-electron chi connectivity index (χ1n) is 5.55. The van der Waals surface area contributed by atoms with E-state index in [1.807, 2.05) is 18.2 Å². The minimum absolute atomic E-state index is 0.242. The Morgan fingerprint density at radius 1 is 1.38 bits per heavy atom. The van der Waals surface area contributed by atoms with Crippen LogP contribution < -0.4 is 5.32 Å². The van der Waals surface area contributed by atoms with E-state index in [1.165, 1.54) is 5.56 Å². The molecule has 0 bridgehead atoms. The van der Waals surface area contributed by atoms with Crippen LogP contribution in [0.1, 0.15) is 12.0 Å². The predicted octanol–water partition coefficient (Wildman–Crippen LogP) is 2.37. The van der Waals surface area contributed by atoms with Gasteiger partial charge in [-0.2, -0.15) is 0 Å². The maximum atomic E-state index is 9.01. The number of rotatable bonds is 4.